The Labute approximate surface area is 141 Å². The molecule has 0 aliphatic carbocycles. The summed E-state index contributed by atoms with van der Waals surface area (Å²) in [7, 11) is 2.08. The van der Waals surface area contributed by atoms with Crippen molar-refractivity contribution in [1.82, 2.24) is 19.2 Å². The molecule has 0 atom stereocenters. The first-order chi connectivity index (χ1) is 11.1. The number of hydrogen-bond acceptors (Lipinski definition) is 4. The highest BCUT2D eigenvalue weighted by molar-refractivity contribution is 7.71. The first-order valence-electron chi connectivity index (χ1n) is 7.94. The van der Waals surface area contributed by atoms with E-state index >= 15 is 0 Å². The summed E-state index contributed by atoms with van der Waals surface area (Å²) < 4.78 is 10.5. The standard InChI is InChI=1S/C17H22N4OS/c1-4-15-14(13-8-6-7-9-16(13)22-15)10-19(3)12-21-17(23)20(5-2)11-18-21/h6-9,11H,4-5,10,12H2,1-3H3. The van der Waals surface area contributed by atoms with E-state index in [9.17, 15) is 0 Å². The predicted octanol–water partition coefficient (Wildman–Crippen LogP) is 3.83. The van der Waals surface area contributed by atoms with Gasteiger partial charge in [0.25, 0.3) is 0 Å². The normalized spacial score (nSPS) is 11.7. The summed E-state index contributed by atoms with van der Waals surface area (Å²) in [6, 6.07) is 8.21. The Balaban J connectivity index is 1.83. The summed E-state index contributed by atoms with van der Waals surface area (Å²) >= 11 is 5.43. The molecule has 0 N–H and O–H groups in total. The van der Waals surface area contributed by atoms with Gasteiger partial charge in [-0.2, -0.15) is 5.10 Å². The van der Waals surface area contributed by atoms with Crippen molar-refractivity contribution in [3.05, 3.63) is 46.7 Å². The summed E-state index contributed by atoms with van der Waals surface area (Å²) in [5, 5.41) is 5.56. The van der Waals surface area contributed by atoms with Gasteiger partial charge in [-0.3, -0.25) is 4.90 Å². The molecule has 0 saturated carbocycles. The summed E-state index contributed by atoms with van der Waals surface area (Å²) in [6.07, 6.45) is 2.68. The lowest BCUT2D eigenvalue weighted by atomic mass is 10.1. The second-order valence-corrected chi connectivity index (χ2v) is 6.07. The van der Waals surface area contributed by atoms with Crippen LogP contribution in [-0.2, 0) is 26.2 Å². The van der Waals surface area contributed by atoms with Gasteiger partial charge < -0.3 is 8.98 Å². The van der Waals surface area contributed by atoms with Crippen LogP contribution in [0, 0.1) is 4.77 Å². The summed E-state index contributed by atoms with van der Waals surface area (Å²) in [5.74, 6) is 1.06. The molecule has 2 heterocycles. The molecule has 0 unspecified atom stereocenters. The fourth-order valence-corrected chi connectivity index (χ4v) is 3.12. The Morgan fingerprint density at radius 2 is 2.04 bits per heavy atom. The van der Waals surface area contributed by atoms with Crippen LogP contribution in [0.15, 0.2) is 35.0 Å². The molecule has 0 bridgehead atoms. The minimum absolute atomic E-state index is 0.661. The van der Waals surface area contributed by atoms with Crippen LogP contribution in [0.3, 0.4) is 0 Å². The molecule has 0 saturated heterocycles. The SMILES string of the molecule is CCc1oc2ccccc2c1CN(C)Cn1ncn(CC)c1=S. The Kier molecular flexibility index (Phi) is 4.63. The molecule has 0 fully saturated rings. The zero-order valence-corrected chi connectivity index (χ0v) is 14.6. The van der Waals surface area contributed by atoms with Crippen LogP contribution < -0.4 is 0 Å². The molecule has 2 aromatic heterocycles. The monoisotopic (exact) mass is 330 g/mol. The van der Waals surface area contributed by atoms with Gasteiger partial charge in [0.05, 0.1) is 6.67 Å². The molecule has 0 radical (unpaired) electrons. The number of furan rings is 1. The average molecular weight is 330 g/mol. The van der Waals surface area contributed by atoms with Crippen LogP contribution in [0.25, 0.3) is 11.0 Å². The Morgan fingerprint density at radius 3 is 2.74 bits per heavy atom. The van der Waals surface area contributed by atoms with Crippen molar-refractivity contribution in [2.24, 2.45) is 0 Å². The number of fused-ring (bicyclic) bond motifs is 1. The number of nitrogens with zero attached hydrogens (tertiary/aromatic N) is 4. The highest BCUT2D eigenvalue weighted by atomic mass is 32.1. The Hall–Kier alpha value is -1.92. The molecular formula is C17H22N4OS. The molecule has 5 nitrogen and oxygen atoms in total. The van der Waals surface area contributed by atoms with Crippen LogP contribution in [-0.4, -0.2) is 26.3 Å². The maximum absolute atomic E-state index is 5.97. The van der Waals surface area contributed by atoms with Crippen LogP contribution >= 0.6 is 12.2 Å². The molecule has 0 spiro atoms. The van der Waals surface area contributed by atoms with Crippen molar-refractivity contribution in [3.63, 3.8) is 0 Å². The molecule has 0 amide bonds. The van der Waals surface area contributed by atoms with E-state index < -0.39 is 0 Å². The smallest absolute Gasteiger partial charge is 0.198 e. The van der Waals surface area contributed by atoms with Crippen molar-refractivity contribution in [2.75, 3.05) is 7.05 Å². The molecule has 6 heteroatoms. The van der Waals surface area contributed by atoms with Crippen molar-refractivity contribution in [3.8, 4) is 0 Å². The van der Waals surface area contributed by atoms with Gasteiger partial charge in [0.2, 0.25) is 0 Å². The molecule has 3 rings (SSSR count). The van der Waals surface area contributed by atoms with Crippen molar-refractivity contribution in [1.29, 1.82) is 0 Å². The first-order valence-corrected chi connectivity index (χ1v) is 8.35. The van der Waals surface area contributed by atoms with E-state index in [4.69, 9.17) is 16.6 Å². The third-order valence-electron chi connectivity index (χ3n) is 4.04. The van der Waals surface area contributed by atoms with Gasteiger partial charge in [-0.25, -0.2) is 4.68 Å². The summed E-state index contributed by atoms with van der Waals surface area (Å²) in [6.45, 7) is 6.50. The predicted molar refractivity (Wildman–Crippen MR) is 93.8 cm³/mol. The van der Waals surface area contributed by atoms with Crippen LogP contribution in [0.5, 0.6) is 0 Å². The maximum Gasteiger partial charge on any atom is 0.198 e. The minimum atomic E-state index is 0.661. The molecule has 23 heavy (non-hydrogen) atoms. The van der Waals surface area contributed by atoms with E-state index in [2.05, 4.69) is 43.0 Å². The highest BCUT2D eigenvalue weighted by Crippen LogP contribution is 2.27. The number of rotatable bonds is 6. The zero-order valence-electron chi connectivity index (χ0n) is 13.8. The maximum atomic E-state index is 5.97. The first kappa shape index (κ1) is 16.0. The molecule has 122 valence electrons. The van der Waals surface area contributed by atoms with Crippen LogP contribution in [0.4, 0.5) is 0 Å². The van der Waals surface area contributed by atoms with E-state index in [1.165, 1.54) is 10.9 Å². The van der Waals surface area contributed by atoms with E-state index in [0.29, 0.717) is 6.67 Å². The number of aromatic nitrogens is 3. The lowest BCUT2D eigenvalue weighted by Crippen LogP contribution is -2.23. The van der Waals surface area contributed by atoms with Gasteiger partial charge in [0.1, 0.15) is 17.7 Å². The molecule has 0 aliphatic heterocycles. The fraction of sp³-hybridized carbons (Fsp3) is 0.412. The Bertz CT molecular complexity index is 861. The van der Waals surface area contributed by atoms with Crippen molar-refractivity contribution >= 4 is 23.2 Å². The van der Waals surface area contributed by atoms with Gasteiger partial charge in [-0.15, -0.1) is 0 Å². The number of para-hydroxylation sites is 1. The quantitative estimate of drug-likeness (QED) is 0.644. The van der Waals surface area contributed by atoms with Gasteiger partial charge >= 0.3 is 0 Å². The largest absolute Gasteiger partial charge is 0.461 e. The fourth-order valence-electron chi connectivity index (χ4n) is 2.84. The van der Waals surface area contributed by atoms with Crippen LogP contribution in [0.1, 0.15) is 25.2 Å². The van der Waals surface area contributed by atoms with Gasteiger partial charge in [-0.05, 0) is 32.3 Å². The van der Waals surface area contributed by atoms with E-state index in [1.54, 1.807) is 6.33 Å². The van der Waals surface area contributed by atoms with Crippen LogP contribution in [0.2, 0.25) is 0 Å². The average Bonchev–Trinajstić information content (AvgIpc) is 3.09. The second-order valence-electron chi connectivity index (χ2n) is 5.71. The van der Waals surface area contributed by atoms with Gasteiger partial charge in [0, 0.05) is 30.5 Å². The van der Waals surface area contributed by atoms with Crippen molar-refractivity contribution < 1.29 is 4.42 Å². The molecule has 1 aromatic carbocycles. The molecular weight excluding hydrogens is 308 g/mol. The van der Waals surface area contributed by atoms with E-state index in [-0.39, 0.29) is 0 Å². The molecule has 0 aliphatic rings. The number of hydrogen-bond donors (Lipinski definition) is 0. The lowest BCUT2D eigenvalue weighted by molar-refractivity contribution is 0.242. The number of benzene rings is 1. The zero-order chi connectivity index (χ0) is 16.4. The van der Waals surface area contributed by atoms with Gasteiger partial charge in [0.15, 0.2) is 4.77 Å². The highest BCUT2D eigenvalue weighted by Gasteiger charge is 2.15. The lowest BCUT2D eigenvalue weighted by Gasteiger charge is -2.16. The van der Waals surface area contributed by atoms with E-state index in [1.807, 2.05) is 21.4 Å². The summed E-state index contributed by atoms with van der Waals surface area (Å²) in [5.41, 5.74) is 2.21. The summed E-state index contributed by atoms with van der Waals surface area (Å²) in [4.78, 5) is 2.21. The minimum Gasteiger partial charge on any atom is -0.461 e. The third kappa shape index (κ3) is 3.09. The van der Waals surface area contributed by atoms with Gasteiger partial charge in [-0.1, -0.05) is 25.1 Å². The van der Waals surface area contributed by atoms with E-state index in [0.717, 1.165) is 35.6 Å². The van der Waals surface area contributed by atoms with Crippen molar-refractivity contribution in [2.45, 2.75) is 40.0 Å². The molecule has 3 aromatic rings. The Morgan fingerprint density at radius 1 is 1.26 bits per heavy atom. The number of aryl methyl sites for hydroxylation is 2. The second kappa shape index (κ2) is 6.68. The topological polar surface area (TPSA) is 39.1 Å². The third-order valence-corrected chi connectivity index (χ3v) is 4.49.